The van der Waals surface area contributed by atoms with Crippen LogP contribution < -0.4 is 5.43 Å². The van der Waals surface area contributed by atoms with Crippen molar-refractivity contribution in [1.82, 2.24) is 5.43 Å². The molecule has 0 fully saturated rings. The quantitative estimate of drug-likeness (QED) is 0.671. The van der Waals surface area contributed by atoms with Crippen molar-refractivity contribution in [3.8, 4) is 0 Å². The number of nitrogens with one attached hydrogen (secondary N) is 1. The summed E-state index contributed by atoms with van der Waals surface area (Å²) in [6.45, 7) is 0. The number of hydrogen-bond donors (Lipinski definition) is 2. The molecule has 0 aromatic carbocycles. The molecule has 3 rings (SSSR count). The Morgan fingerprint density at radius 1 is 1.60 bits per heavy atom. The fourth-order valence-electron chi connectivity index (χ4n) is 2.18. The van der Waals surface area contributed by atoms with Crippen molar-refractivity contribution < 1.29 is 9.90 Å². The number of carbonyl (C=O) groups excluding carboxylic acids is 1. The fourth-order valence-corrected chi connectivity index (χ4v) is 3.19. The number of nitrogens with zero attached hydrogens (tertiary/aromatic N) is 1. The Morgan fingerprint density at radius 2 is 2.47 bits per heavy atom. The molecule has 2 aliphatic rings. The minimum atomic E-state index is -0.937. The summed E-state index contributed by atoms with van der Waals surface area (Å²) < 4.78 is 0. The van der Waals surface area contributed by atoms with Crippen LogP contribution in [0.15, 0.2) is 16.5 Å². The Kier molecular flexibility index (Phi) is 1.90. The summed E-state index contributed by atoms with van der Waals surface area (Å²) in [5, 5.41) is 15.8. The summed E-state index contributed by atoms with van der Waals surface area (Å²) in [6.07, 6.45) is 0.789. The molecule has 1 aromatic heterocycles. The highest BCUT2D eigenvalue weighted by atomic mass is 32.1. The number of thiophene rings is 1. The number of fused-ring (bicyclic) bond motifs is 3. The average molecular weight is 222 g/mol. The second kappa shape index (κ2) is 3.15. The predicted molar refractivity (Wildman–Crippen MR) is 56.8 cm³/mol. The average Bonchev–Trinajstić information content (AvgIpc) is 2.71. The number of rotatable bonds is 0. The maximum Gasteiger partial charge on any atom is 0.269 e. The van der Waals surface area contributed by atoms with E-state index >= 15 is 0 Å². The van der Waals surface area contributed by atoms with Crippen LogP contribution in [0.1, 0.15) is 16.9 Å². The highest BCUT2D eigenvalue weighted by Gasteiger charge is 2.38. The molecule has 2 heterocycles. The molecule has 5 heteroatoms. The number of carbonyl (C=O) groups is 1. The Hall–Kier alpha value is -1.20. The van der Waals surface area contributed by atoms with Gasteiger partial charge in [0.2, 0.25) is 0 Å². The first-order valence-corrected chi connectivity index (χ1v) is 5.77. The number of aliphatic hydroxyl groups excluding tert-OH is 1. The van der Waals surface area contributed by atoms with Gasteiger partial charge in [0.05, 0.1) is 10.6 Å². The molecule has 0 saturated heterocycles. The van der Waals surface area contributed by atoms with Crippen LogP contribution in [0.2, 0.25) is 0 Å². The molecule has 0 radical (unpaired) electrons. The van der Waals surface area contributed by atoms with Gasteiger partial charge in [0, 0.05) is 5.92 Å². The van der Waals surface area contributed by atoms with Gasteiger partial charge in [-0.05, 0) is 29.9 Å². The van der Waals surface area contributed by atoms with Gasteiger partial charge in [-0.15, -0.1) is 11.3 Å². The third kappa shape index (κ3) is 1.23. The monoisotopic (exact) mass is 222 g/mol. The van der Waals surface area contributed by atoms with Gasteiger partial charge < -0.3 is 5.11 Å². The zero-order chi connectivity index (χ0) is 10.4. The topological polar surface area (TPSA) is 61.7 Å². The second-order valence-electron chi connectivity index (χ2n) is 3.84. The van der Waals surface area contributed by atoms with Crippen molar-refractivity contribution in [3.63, 3.8) is 0 Å². The van der Waals surface area contributed by atoms with Crippen LogP contribution in [0.3, 0.4) is 0 Å². The van der Waals surface area contributed by atoms with Crippen LogP contribution in [0.25, 0.3) is 0 Å². The van der Waals surface area contributed by atoms with E-state index in [-0.39, 0.29) is 11.8 Å². The number of aryl methyl sites for hydroxylation is 1. The molecule has 0 saturated carbocycles. The SMILES string of the molecule is O=C1NN=C2c3sccc3CCC2C1O. The predicted octanol–water partition coefficient (Wildman–Crippen LogP) is 0.505. The molecular weight excluding hydrogens is 212 g/mol. The van der Waals surface area contributed by atoms with E-state index in [2.05, 4.69) is 16.6 Å². The zero-order valence-electron chi connectivity index (χ0n) is 7.93. The molecule has 1 amide bonds. The molecule has 2 atom stereocenters. The van der Waals surface area contributed by atoms with Gasteiger partial charge in [-0.25, -0.2) is 5.43 Å². The van der Waals surface area contributed by atoms with Crippen molar-refractivity contribution in [3.05, 3.63) is 21.9 Å². The van der Waals surface area contributed by atoms with E-state index in [1.807, 2.05) is 5.38 Å². The summed E-state index contributed by atoms with van der Waals surface area (Å²) in [7, 11) is 0. The minimum Gasteiger partial charge on any atom is -0.382 e. The smallest absolute Gasteiger partial charge is 0.269 e. The van der Waals surface area contributed by atoms with E-state index in [1.54, 1.807) is 11.3 Å². The van der Waals surface area contributed by atoms with E-state index < -0.39 is 6.10 Å². The summed E-state index contributed by atoms with van der Waals surface area (Å²) in [4.78, 5) is 12.4. The van der Waals surface area contributed by atoms with E-state index in [0.717, 1.165) is 23.4 Å². The highest BCUT2D eigenvalue weighted by molar-refractivity contribution is 7.12. The molecule has 1 aromatic rings. The first-order valence-electron chi connectivity index (χ1n) is 4.89. The second-order valence-corrected chi connectivity index (χ2v) is 4.75. The first kappa shape index (κ1) is 9.06. The van der Waals surface area contributed by atoms with Crippen molar-refractivity contribution in [2.24, 2.45) is 11.0 Å². The molecule has 4 nitrogen and oxygen atoms in total. The summed E-state index contributed by atoms with van der Waals surface area (Å²) in [5.41, 5.74) is 4.49. The van der Waals surface area contributed by atoms with E-state index in [4.69, 9.17) is 0 Å². The van der Waals surface area contributed by atoms with Gasteiger partial charge in [-0.3, -0.25) is 4.79 Å². The molecule has 0 bridgehead atoms. The Labute approximate surface area is 90.6 Å². The number of hydrazone groups is 1. The number of aliphatic hydroxyl groups is 1. The zero-order valence-corrected chi connectivity index (χ0v) is 8.75. The van der Waals surface area contributed by atoms with Gasteiger partial charge in [0.1, 0.15) is 6.10 Å². The molecule has 2 unspecified atom stereocenters. The lowest BCUT2D eigenvalue weighted by Gasteiger charge is -2.30. The van der Waals surface area contributed by atoms with Gasteiger partial charge in [0.25, 0.3) is 5.91 Å². The van der Waals surface area contributed by atoms with Gasteiger partial charge in [-0.2, -0.15) is 5.10 Å². The fraction of sp³-hybridized carbons (Fsp3) is 0.400. The van der Waals surface area contributed by atoms with Crippen LogP contribution in [-0.4, -0.2) is 22.8 Å². The van der Waals surface area contributed by atoms with Crippen LogP contribution in [0, 0.1) is 5.92 Å². The molecular formula is C10H10N2O2S. The maximum absolute atomic E-state index is 11.2. The molecule has 15 heavy (non-hydrogen) atoms. The minimum absolute atomic E-state index is 0.120. The molecule has 1 aliphatic heterocycles. The third-order valence-electron chi connectivity index (χ3n) is 2.99. The standard InChI is InChI=1S/C10H10N2O2S/c13-8-6-2-1-5-3-4-15-9(5)7(6)11-12-10(8)14/h3-4,6,8,13H,1-2H2,(H,12,14). The normalized spacial score (nSPS) is 28.9. The first-order chi connectivity index (χ1) is 7.27. The molecule has 1 aliphatic carbocycles. The van der Waals surface area contributed by atoms with Crippen LogP contribution in [-0.2, 0) is 11.2 Å². The van der Waals surface area contributed by atoms with Crippen LogP contribution in [0.5, 0.6) is 0 Å². The summed E-state index contributed by atoms with van der Waals surface area (Å²) in [5.74, 6) is -0.506. The van der Waals surface area contributed by atoms with Crippen molar-refractivity contribution in [2.75, 3.05) is 0 Å². The number of hydrogen-bond acceptors (Lipinski definition) is 4. The Bertz CT molecular complexity index is 452. The van der Waals surface area contributed by atoms with E-state index in [9.17, 15) is 9.90 Å². The Morgan fingerprint density at radius 3 is 3.33 bits per heavy atom. The highest BCUT2D eigenvalue weighted by Crippen LogP contribution is 2.33. The molecule has 0 spiro atoms. The van der Waals surface area contributed by atoms with Crippen LogP contribution >= 0.6 is 11.3 Å². The summed E-state index contributed by atoms with van der Waals surface area (Å²) >= 11 is 1.62. The van der Waals surface area contributed by atoms with Gasteiger partial charge >= 0.3 is 0 Å². The van der Waals surface area contributed by atoms with Crippen molar-refractivity contribution in [2.45, 2.75) is 18.9 Å². The number of amides is 1. The van der Waals surface area contributed by atoms with E-state index in [0.29, 0.717) is 0 Å². The lowest BCUT2D eigenvalue weighted by molar-refractivity contribution is -0.131. The lowest BCUT2D eigenvalue weighted by atomic mass is 9.82. The molecule has 78 valence electrons. The van der Waals surface area contributed by atoms with Crippen molar-refractivity contribution >= 4 is 23.0 Å². The summed E-state index contributed by atoms with van der Waals surface area (Å²) in [6, 6.07) is 2.08. The largest absolute Gasteiger partial charge is 0.382 e. The lowest BCUT2D eigenvalue weighted by Crippen LogP contribution is -2.47. The Balaban J connectivity index is 2.09. The van der Waals surface area contributed by atoms with Crippen molar-refractivity contribution in [1.29, 1.82) is 0 Å². The van der Waals surface area contributed by atoms with E-state index in [1.165, 1.54) is 5.56 Å². The molecule has 2 N–H and O–H groups in total. The van der Waals surface area contributed by atoms with Crippen LogP contribution in [0.4, 0.5) is 0 Å². The third-order valence-corrected chi connectivity index (χ3v) is 3.97. The maximum atomic E-state index is 11.2. The van der Waals surface area contributed by atoms with Gasteiger partial charge in [0.15, 0.2) is 0 Å². The van der Waals surface area contributed by atoms with Gasteiger partial charge in [-0.1, -0.05) is 0 Å².